The molecule has 0 amide bonds. The van der Waals surface area contributed by atoms with Crippen LogP contribution in [0.15, 0.2) is 24.3 Å². The maximum Gasteiger partial charge on any atom is 0.0740 e. The second-order valence-electron chi connectivity index (χ2n) is 3.01. The Hall–Kier alpha value is -1.28. The van der Waals surface area contributed by atoms with Crippen molar-refractivity contribution in [3.8, 4) is 0 Å². The number of pyridine rings is 1. The molecule has 0 atom stereocenters. The molecule has 2 rings (SSSR count). The van der Waals surface area contributed by atoms with Crippen molar-refractivity contribution >= 4 is 28.2 Å². The van der Waals surface area contributed by atoms with E-state index in [0.29, 0.717) is 5.02 Å². The maximum absolute atomic E-state index is 5.84. The smallest absolute Gasteiger partial charge is 0.0740 e. The monoisotopic (exact) mass is 192 g/mol. The largest absolute Gasteiger partial charge is 0.398 e. The summed E-state index contributed by atoms with van der Waals surface area (Å²) in [7, 11) is 0. The van der Waals surface area contributed by atoms with Crippen LogP contribution in [0.2, 0.25) is 5.02 Å². The summed E-state index contributed by atoms with van der Waals surface area (Å²) < 4.78 is 0. The third kappa shape index (κ3) is 1.45. The first-order valence-corrected chi connectivity index (χ1v) is 4.37. The first-order valence-electron chi connectivity index (χ1n) is 3.99. The van der Waals surface area contributed by atoms with Crippen molar-refractivity contribution in [2.45, 2.75) is 6.92 Å². The molecule has 0 saturated heterocycles. The zero-order valence-corrected chi connectivity index (χ0v) is 7.97. The molecule has 0 spiro atoms. The van der Waals surface area contributed by atoms with E-state index < -0.39 is 0 Å². The number of nitrogens with two attached hydrogens (primary N) is 1. The molecule has 13 heavy (non-hydrogen) atoms. The number of anilines is 1. The van der Waals surface area contributed by atoms with Crippen LogP contribution in [-0.4, -0.2) is 4.98 Å². The van der Waals surface area contributed by atoms with Gasteiger partial charge >= 0.3 is 0 Å². The van der Waals surface area contributed by atoms with E-state index in [1.54, 1.807) is 0 Å². The van der Waals surface area contributed by atoms with Crippen LogP contribution in [-0.2, 0) is 0 Å². The van der Waals surface area contributed by atoms with Gasteiger partial charge in [-0.2, -0.15) is 0 Å². The number of aryl methyl sites for hydroxylation is 1. The lowest BCUT2D eigenvalue weighted by atomic mass is 10.2. The molecule has 0 saturated carbocycles. The molecular weight excluding hydrogens is 184 g/mol. The van der Waals surface area contributed by atoms with E-state index in [1.807, 2.05) is 31.2 Å². The molecule has 3 heteroatoms. The summed E-state index contributed by atoms with van der Waals surface area (Å²) in [6, 6.07) is 7.38. The highest BCUT2D eigenvalue weighted by atomic mass is 35.5. The van der Waals surface area contributed by atoms with Crippen LogP contribution in [0.25, 0.3) is 10.9 Å². The summed E-state index contributed by atoms with van der Waals surface area (Å²) in [6.07, 6.45) is 0. The molecule has 0 aliphatic carbocycles. The predicted molar refractivity (Wildman–Crippen MR) is 55.9 cm³/mol. The van der Waals surface area contributed by atoms with Crippen molar-refractivity contribution in [3.05, 3.63) is 35.0 Å². The highest BCUT2D eigenvalue weighted by Gasteiger charge is 2.00. The number of rotatable bonds is 0. The van der Waals surface area contributed by atoms with Crippen molar-refractivity contribution in [1.29, 1.82) is 0 Å². The predicted octanol–water partition coefficient (Wildman–Crippen LogP) is 2.78. The third-order valence-electron chi connectivity index (χ3n) is 1.93. The number of aromatic nitrogens is 1. The molecule has 0 fully saturated rings. The van der Waals surface area contributed by atoms with Gasteiger partial charge in [0, 0.05) is 21.8 Å². The first kappa shape index (κ1) is 8.32. The number of halogens is 1. The van der Waals surface area contributed by atoms with Crippen molar-refractivity contribution in [2.75, 3.05) is 5.73 Å². The fourth-order valence-electron chi connectivity index (χ4n) is 1.37. The number of benzene rings is 1. The number of hydrogen-bond acceptors (Lipinski definition) is 2. The normalized spacial score (nSPS) is 10.6. The standard InChI is InChI=1S/C10H9ClN2/c1-6-4-9(12)8-3-2-7(11)5-10(8)13-6/h2-5H,1H3,(H2,12,13). The van der Waals surface area contributed by atoms with Crippen molar-refractivity contribution in [1.82, 2.24) is 4.98 Å². The van der Waals surface area contributed by atoms with Crippen LogP contribution < -0.4 is 5.73 Å². The van der Waals surface area contributed by atoms with E-state index in [9.17, 15) is 0 Å². The summed E-state index contributed by atoms with van der Waals surface area (Å²) in [5.74, 6) is 0. The van der Waals surface area contributed by atoms with Gasteiger partial charge in [-0.05, 0) is 31.2 Å². The third-order valence-corrected chi connectivity index (χ3v) is 2.17. The zero-order valence-electron chi connectivity index (χ0n) is 7.21. The average Bonchev–Trinajstić information content (AvgIpc) is 2.02. The van der Waals surface area contributed by atoms with Crippen LogP contribution in [0.1, 0.15) is 5.69 Å². The summed E-state index contributed by atoms with van der Waals surface area (Å²) >= 11 is 5.84. The highest BCUT2D eigenvalue weighted by molar-refractivity contribution is 6.31. The average molecular weight is 193 g/mol. The molecule has 66 valence electrons. The lowest BCUT2D eigenvalue weighted by Gasteiger charge is -2.02. The molecule has 1 aromatic heterocycles. The fraction of sp³-hybridized carbons (Fsp3) is 0.100. The van der Waals surface area contributed by atoms with Gasteiger partial charge in [-0.15, -0.1) is 0 Å². The molecule has 2 aromatic rings. The Morgan fingerprint density at radius 1 is 1.31 bits per heavy atom. The van der Waals surface area contributed by atoms with Gasteiger partial charge in [-0.1, -0.05) is 11.6 Å². The van der Waals surface area contributed by atoms with Gasteiger partial charge in [0.15, 0.2) is 0 Å². The van der Waals surface area contributed by atoms with Crippen LogP contribution in [0.4, 0.5) is 5.69 Å². The van der Waals surface area contributed by atoms with Gasteiger partial charge in [0.1, 0.15) is 0 Å². The number of nitrogens with zero attached hydrogens (tertiary/aromatic N) is 1. The second kappa shape index (κ2) is 2.89. The van der Waals surface area contributed by atoms with Crippen LogP contribution in [0.5, 0.6) is 0 Å². The van der Waals surface area contributed by atoms with Gasteiger partial charge < -0.3 is 5.73 Å². The Morgan fingerprint density at radius 3 is 2.85 bits per heavy atom. The number of nitrogen functional groups attached to an aromatic ring is 1. The molecule has 0 aliphatic rings. The summed E-state index contributed by atoms with van der Waals surface area (Å²) in [4.78, 5) is 4.33. The Labute approximate surface area is 81.3 Å². The van der Waals surface area contributed by atoms with Crippen LogP contribution >= 0.6 is 11.6 Å². The van der Waals surface area contributed by atoms with Crippen LogP contribution in [0, 0.1) is 6.92 Å². The molecule has 0 bridgehead atoms. The van der Waals surface area contributed by atoms with Crippen molar-refractivity contribution in [3.63, 3.8) is 0 Å². The Morgan fingerprint density at radius 2 is 2.08 bits per heavy atom. The minimum absolute atomic E-state index is 0.685. The van der Waals surface area contributed by atoms with E-state index in [0.717, 1.165) is 22.3 Å². The van der Waals surface area contributed by atoms with E-state index in [4.69, 9.17) is 17.3 Å². The SMILES string of the molecule is Cc1cc(N)c2ccc(Cl)cc2n1. The summed E-state index contributed by atoms with van der Waals surface area (Å²) in [5.41, 5.74) is 8.33. The van der Waals surface area contributed by atoms with Gasteiger partial charge in [-0.25, -0.2) is 0 Å². The van der Waals surface area contributed by atoms with Crippen LogP contribution in [0.3, 0.4) is 0 Å². The molecule has 1 aromatic carbocycles. The van der Waals surface area contributed by atoms with Crippen molar-refractivity contribution < 1.29 is 0 Å². The molecule has 1 heterocycles. The van der Waals surface area contributed by atoms with Crippen molar-refractivity contribution in [2.24, 2.45) is 0 Å². The summed E-state index contributed by atoms with van der Waals surface area (Å²) in [5, 5.41) is 1.64. The molecule has 2 nitrogen and oxygen atoms in total. The lowest BCUT2D eigenvalue weighted by molar-refractivity contribution is 1.26. The topological polar surface area (TPSA) is 38.9 Å². The lowest BCUT2D eigenvalue weighted by Crippen LogP contribution is -1.91. The molecule has 2 N–H and O–H groups in total. The number of fused-ring (bicyclic) bond motifs is 1. The van der Waals surface area contributed by atoms with E-state index in [1.165, 1.54) is 0 Å². The Bertz CT molecular complexity index is 460. The molecule has 0 aliphatic heterocycles. The van der Waals surface area contributed by atoms with Gasteiger partial charge in [-0.3, -0.25) is 4.98 Å². The maximum atomic E-state index is 5.84. The van der Waals surface area contributed by atoms with Gasteiger partial charge in [0.2, 0.25) is 0 Å². The molecular formula is C10H9ClN2. The fourth-order valence-corrected chi connectivity index (χ4v) is 1.53. The quantitative estimate of drug-likeness (QED) is 0.697. The van der Waals surface area contributed by atoms with E-state index in [-0.39, 0.29) is 0 Å². The minimum Gasteiger partial charge on any atom is -0.398 e. The van der Waals surface area contributed by atoms with E-state index in [2.05, 4.69) is 4.98 Å². The zero-order chi connectivity index (χ0) is 9.42. The van der Waals surface area contributed by atoms with Gasteiger partial charge in [0.25, 0.3) is 0 Å². The molecule has 0 radical (unpaired) electrons. The number of hydrogen-bond donors (Lipinski definition) is 1. The second-order valence-corrected chi connectivity index (χ2v) is 3.45. The highest BCUT2D eigenvalue weighted by Crippen LogP contribution is 2.23. The molecule has 0 unspecified atom stereocenters. The van der Waals surface area contributed by atoms with Gasteiger partial charge in [0.05, 0.1) is 5.52 Å². The van der Waals surface area contributed by atoms with E-state index >= 15 is 0 Å². The minimum atomic E-state index is 0.685. The summed E-state index contributed by atoms with van der Waals surface area (Å²) in [6.45, 7) is 1.91. The Kier molecular flexibility index (Phi) is 1.85. The first-order chi connectivity index (χ1) is 6.16. The Balaban J connectivity index is 2.86.